The first-order chi connectivity index (χ1) is 15.6. The molecule has 2 aromatic heterocycles. The molecule has 0 saturated heterocycles. The van der Waals surface area contributed by atoms with Crippen LogP contribution in [0.5, 0.6) is 5.75 Å². The van der Waals surface area contributed by atoms with Gasteiger partial charge < -0.3 is 26.2 Å². The minimum atomic E-state index is 0.117. The van der Waals surface area contributed by atoms with Gasteiger partial charge >= 0.3 is 0 Å². The first-order valence-electron chi connectivity index (χ1n) is 11.3. The summed E-state index contributed by atoms with van der Waals surface area (Å²) >= 11 is 0. The number of fused-ring (bicyclic) bond motifs is 1. The molecule has 2 heterocycles. The van der Waals surface area contributed by atoms with E-state index in [0.717, 1.165) is 40.3 Å². The number of nitrogens with one attached hydrogen (secondary N) is 2. The highest BCUT2D eigenvalue weighted by molar-refractivity contribution is 5.86. The molecule has 0 radical (unpaired) electrons. The van der Waals surface area contributed by atoms with Crippen molar-refractivity contribution in [2.45, 2.75) is 38.8 Å². The molecule has 0 amide bonds. The molecule has 2 fully saturated rings. The van der Waals surface area contributed by atoms with E-state index in [1.54, 1.807) is 13.3 Å². The van der Waals surface area contributed by atoms with Gasteiger partial charge in [0, 0.05) is 25.2 Å². The molecule has 170 valence electrons. The second kappa shape index (κ2) is 8.55. The van der Waals surface area contributed by atoms with Crippen LogP contribution < -0.4 is 21.1 Å². The van der Waals surface area contributed by atoms with Crippen LogP contribution in [0.4, 0.5) is 11.8 Å². The average Bonchev–Trinajstić information content (AvgIpc) is 3.47. The van der Waals surface area contributed by atoms with Crippen LogP contribution in [0.25, 0.3) is 11.0 Å². The fourth-order valence-corrected chi connectivity index (χ4v) is 4.90. The Morgan fingerprint density at radius 1 is 1.28 bits per heavy atom. The molecule has 0 aliphatic heterocycles. The standard InChI is InChI=1S/C23H31N7O2/c1-32-19-8-15(11-25-6-7-31)2-3-17(19)14-30-20-18(13-27-30)28-22(24)29-21(20)26-12-16-9-23(10-16)4-5-23/h2-3,8,13,16,25,31H,4-7,9-12,14H2,1H3,(H3,24,26,28,29). The Morgan fingerprint density at radius 2 is 2.12 bits per heavy atom. The SMILES string of the molecule is COc1cc(CNCCO)ccc1Cn1ncc2nc(N)nc(NCC3CC4(CC4)C3)c21. The Balaban J connectivity index is 1.35. The Morgan fingerprint density at radius 3 is 2.88 bits per heavy atom. The van der Waals surface area contributed by atoms with Crippen LogP contribution in [0, 0.1) is 11.3 Å². The van der Waals surface area contributed by atoms with Crippen LogP contribution in [0.3, 0.4) is 0 Å². The number of aromatic nitrogens is 4. The van der Waals surface area contributed by atoms with Crippen LogP contribution in [0.1, 0.15) is 36.8 Å². The van der Waals surface area contributed by atoms with Gasteiger partial charge in [-0.2, -0.15) is 10.1 Å². The number of aliphatic hydroxyl groups excluding tert-OH is 1. The van der Waals surface area contributed by atoms with Crippen molar-refractivity contribution in [2.24, 2.45) is 11.3 Å². The van der Waals surface area contributed by atoms with E-state index in [-0.39, 0.29) is 12.6 Å². The van der Waals surface area contributed by atoms with Gasteiger partial charge in [0.1, 0.15) is 16.8 Å². The molecule has 32 heavy (non-hydrogen) atoms. The molecule has 2 saturated carbocycles. The minimum absolute atomic E-state index is 0.117. The quantitative estimate of drug-likeness (QED) is 0.356. The number of benzene rings is 1. The molecule has 9 heteroatoms. The molecular formula is C23H31N7O2. The van der Waals surface area contributed by atoms with Crippen LogP contribution in [-0.4, -0.2) is 51.7 Å². The van der Waals surface area contributed by atoms with Gasteiger partial charge in [-0.3, -0.25) is 4.68 Å². The van der Waals surface area contributed by atoms with Crippen molar-refractivity contribution < 1.29 is 9.84 Å². The number of hydrogen-bond donors (Lipinski definition) is 4. The number of nitrogens with zero attached hydrogens (tertiary/aromatic N) is 4. The fraction of sp³-hybridized carbons (Fsp3) is 0.522. The Kier molecular flexibility index (Phi) is 5.60. The molecule has 2 aliphatic rings. The van der Waals surface area contributed by atoms with Gasteiger partial charge in [0.25, 0.3) is 0 Å². The van der Waals surface area contributed by atoms with E-state index in [4.69, 9.17) is 15.6 Å². The zero-order valence-corrected chi connectivity index (χ0v) is 18.5. The predicted octanol–water partition coefficient (Wildman–Crippen LogP) is 2.15. The molecular weight excluding hydrogens is 406 g/mol. The molecule has 0 atom stereocenters. The van der Waals surface area contributed by atoms with Gasteiger partial charge in [-0.1, -0.05) is 12.1 Å². The third-order valence-corrected chi connectivity index (χ3v) is 6.75. The van der Waals surface area contributed by atoms with Gasteiger partial charge in [-0.05, 0) is 48.6 Å². The summed E-state index contributed by atoms with van der Waals surface area (Å²) in [4.78, 5) is 8.87. The summed E-state index contributed by atoms with van der Waals surface area (Å²) in [5.41, 5.74) is 10.3. The van der Waals surface area contributed by atoms with Crippen molar-refractivity contribution in [1.29, 1.82) is 0 Å². The third kappa shape index (κ3) is 4.22. The Labute approximate surface area is 187 Å². The van der Waals surface area contributed by atoms with Gasteiger partial charge in [0.2, 0.25) is 5.95 Å². The van der Waals surface area contributed by atoms with Crippen molar-refractivity contribution in [3.8, 4) is 5.75 Å². The Bertz CT molecular complexity index is 1100. The van der Waals surface area contributed by atoms with Crippen molar-refractivity contribution in [2.75, 3.05) is 37.9 Å². The minimum Gasteiger partial charge on any atom is -0.496 e. The van der Waals surface area contributed by atoms with E-state index in [1.807, 2.05) is 10.7 Å². The van der Waals surface area contributed by atoms with E-state index >= 15 is 0 Å². The first-order valence-corrected chi connectivity index (χ1v) is 11.3. The number of hydrogen-bond acceptors (Lipinski definition) is 8. The van der Waals surface area contributed by atoms with E-state index in [2.05, 4.69) is 37.8 Å². The molecule has 0 bridgehead atoms. The third-order valence-electron chi connectivity index (χ3n) is 6.75. The highest BCUT2D eigenvalue weighted by Crippen LogP contribution is 2.63. The van der Waals surface area contributed by atoms with Crippen LogP contribution in [0.15, 0.2) is 24.4 Å². The Hall–Kier alpha value is -2.91. The van der Waals surface area contributed by atoms with E-state index in [1.165, 1.54) is 25.7 Å². The lowest BCUT2D eigenvalue weighted by atomic mass is 9.72. The van der Waals surface area contributed by atoms with Crippen LogP contribution >= 0.6 is 0 Å². The van der Waals surface area contributed by atoms with Crippen molar-refractivity contribution in [3.63, 3.8) is 0 Å². The lowest BCUT2D eigenvalue weighted by Crippen LogP contribution is -2.31. The smallest absolute Gasteiger partial charge is 0.222 e. The lowest BCUT2D eigenvalue weighted by Gasteiger charge is -2.36. The van der Waals surface area contributed by atoms with E-state index in [0.29, 0.717) is 31.0 Å². The summed E-state index contributed by atoms with van der Waals surface area (Å²) in [7, 11) is 1.67. The summed E-state index contributed by atoms with van der Waals surface area (Å²) in [6.07, 6.45) is 7.18. The molecule has 3 aromatic rings. The van der Waals surface area contributed by atoms with Gasteiger partial charge in [-0.15, -0.1) is 0 Å². The molecule has 1 spiro atoms. The van der Waals surface area contributed by atoms with Crippen molar-refractivity contribution in [3.05, 3.63) is 35.5 Å². The maximum Gasteiger partial charge on any atom is 0.222 e. The maximum atomic E-state index is 8.95. The fourth-order valence-electron chi connectivity index (χ4n) is 4.90. The zero-order chi connectivity index (χ0) is 22.1. The highest BCUT2D eigenvalue weighted by atomic mass is 16.5. The maximum absolute atomic E-state index is 8.95. The monoisotopic (exact) mass is 437 g/mol. The van der Waals surface area contributed by atoms with Crippen LogP contribution in [0.2, 0.25) is 0 Å². The predicted molar refractivity (Wildman–Crippen MR) is 124 cm³/mol. The summed E-state index contributed by atoms with van der Waals surface area (Å²) in [6, 6.07) is 6.13. The average molecular weight is 438 g/mol. The number of aliphatic hydroxyl groups is 1. The van der Waals surface area contributed by atoms with Gasteiger partial charge in [0.15, 0.2) is 5.82 Å². The van der Waals surface area contributed by atoms with Crippen LogP contribution in [-0.2, 0) is 13.1 Å². The number of anilines is 2. The zero-order valence-electron chi connectivity index (χ0n) is 18.5. The molecule has 0 unspecified atom stereocenters. The largest absolute Gasteiger partial charge is 0.496 e. The lowest BCUT2D eigenvalue weighted by molar-refractivity contribution is 0.180. The first kappa shape index (κ1) is 21.0. The molecule has 1 aromatic carbocycles. The highest BCUT2D eigenvalue weighted by Gasteiger charge is 2.52. The summed E-state index contributed by atoms with van der Waals surface area (Å²) in [6.45, 7) is 2.78. The van der Waals surface area contributed by atoms with E-state index < -0.39 is 0 Å². The number of ether oxygens (including phenoxy) is 1. The summed E-state index contributed by atoms with van der Waals surface area (Å²) in [5.74, 6) is 2.49. The number of methoxy groups -OCH3 is 1. The summed E-state index contributed by atoms with van der Waals surface area (Å²) in [5, 5.41) is 20.2. The number of rotatable bonds is 10. The van der Waals surface area contributed by atoms with Crippen molar-refractivity contribution in [1.82, 2.24) is 25.1 Å². The molecule has 2 aliphatic carbocycles. The van der Waals surface area contributed by atoms with Gasteiger partial charge in [0.05, 0.1) is 26.5 Å². The summed E-state index contributed by atoms with van der Waals surface area (Å²) < 4.78 is 7.55. The molecule has 9 nitrogen and oxygen atoms in total. The van der Waals surface area contributed by atoms with E-state index in [9.17, 15) is 0 Å². The molecule has 5 rings (SSSR count). The normalized spacial score (nSPS) is 16.9. The van der Waals surface area contributed by atoms with Crippen molar-refractivity contribution >= 4 is 22.8 Å². The number of nitrogens with two attached hydrogens (primary N) is 1. The second-order valence-electron chi connectivity index (χ2n) is 9.17. The number of nitrogen functional groups attached to an aromatic ring is 1. The second-order valence-corrected chi connectivity index (χ2v) is 9.17. The molecule has 5 N–H and O–H groups in total. The van der Waals surface area contributed by atoms with Gasteiger partial charge in [-0.25, -0.2) is 4.98 Å². The topological polar surface area (TPSA) is 123 Å².